The van der Waals surface area contributed by atoms with Crippen LogP contribution in [0.25, 0.3) is 0 Å². The van der Waals surface area contributed by atoms with Gasteiger partial charge in [0.05, 0.1) is 12.2 Å². The first-order valence-corrected chi connectivity index (χ1v) is 8.83. The molecule has 3 heterocycles. The second kappa shape index (κ2) is 7.43. The van der Waals surface area contributed by atoms with Crippen molar-refractivity contribution in [3.05, 3.63) is 34.3 Å². The number of carbonyl (C=O) groups excluding carboxylic acids is 2. The highest BCUT2D eigenvalue weighted by atomic mass is 32.1. The fourth-order valence-corrected chi connectivity index (χ4v) is 3.47. The Labute approximate surface area is 143 Å². The van der Waals surface area contributed by atoms with Gasteiger partial charge in [-0.3, -0.25) is 4.79 Å². The summed E-state index contributed by atoms with van der Waals surface area (Å²) in [6, 6.07) is 2.18. The molecule has 1 fully saturated rings. The number of amides is 3. The molecule has 3 rings (SSSR count). The van der Waals surface area contributed by atoms with Crippen LogP contribution in [0.1, 0.15) is 34.9 Å². The number of piperidine rings is 1. The first-order chi connectivity index (χ1) is 11.6. The standard InChI is InChI=1S/C15H20N6O2S/c16-14(22)13-9-21(19-18-13)12-2-6-20(7-3-12)15(23)17-5-1-11-4-8-24-10-11/h4,8-10,12H,1-3,5-7H2,(H2,16,22)(H,17,23). The van der Waals surface area contributed by atoms with Crippen molar-refractivity contribution >= 4 is 23.3 Å². The Morgan fingerprint density at radius 3 is 2.79 bits per heavy atom. The molecule has 0 aromatic carbocycles. The third kappa shape index (κ3) is 3.91. The Bertz CT molecular complexity index is 691. The number of nitrogens with one attached hydrogen (secondary N) is 1. The maximum absolute atomic E-state index is 12.2. The van der Waals surface area contributed by atoms with Crippen LogP contribution in [0.5, 0.6) is 0 Å². The average molecular weight is 348 g/mol. The van der Waals surface area contributed by atoms with E-state index < -0.39 is 5.91 Å². The lowest BCUT2D eigenvalue weighted by Crippen LogP contribution is -2.45. The molecule has 0 saturated carbocycles. The summed E-state index contributed by atoms with van der Waals surface area (Å²) in [5.41, 5.74) is 6.60. The summed E-state index contributed by atoms with van der Waals surface area (Å²) in [5, 5.41) is 14.8. The van der Waals surface area contributed by atoms with Crippen LogP contribution in [0, 0.1) is 0 Å². The number of nitrogens with two attached hydrogens (primary N) is 1. The van der Waals surface area contributed by atoms with Crippen LogP contribution in [-0.2, 0) is 6.42 Å². The first-order valence-electron chi connectivity index (χ1n) is 7.89. The minimum absolute atomic E-state index is 0.0277. The van der Waals surface area contributed by atoms with Gasteiger partial charge in [-0.2, -0.15) is 11.3 Å². The zero-order valence-electron chi connectivity index (χ0n) is 13.2. The molecule has 3 amide bonds. The van der Waals surface area contributed by atoms with Gasteiger partial charge in [-0.25, -0.2) is 9.48 Å². The highest BCUT2D eigenvalue weighted by Crippen LogP contribution is 2.21. The summed E-state index contributed by atoms with van der Waals surface area (Å²) >= 11 is 1.66. The molecule has 0 spiro atoms. The van der Waals surface area contributed by atoms with E-state index in [0.717, 1.165) is 19.3 Å². The summed E-state index contributed by atoms with van der Waals surface area (Å²) in [6.45, 7) is 1.95. The molecule has 24 heavy (non-hydrogen) atoms. The van der Waals surface area contributed by atoms with Crippen molar-refractivity contribution in [3.63, 3.8) is 0 Å². The van der Waals surface area contributed by atoms with E-state index in [4.69, 9.17) is 5.73 Å². The number of urea groups is 1. The van der Waals surface area contributed by atoms with Gasteiger partial charge in [0.25, 0.3) is 5.91 Å². The van der Waals surface area contributed by atoms with Crippen LogP contribution in [0.4, 0.5) is 4.79 Å². The van der Waals surface area contributed by atoms with Gasteiger partial charge in [0, 0.05) is 19.6 Å². The van der Waals surface area contributed by atoms with Crippen molar-refractivity contribution in [2.75, 3.05) is 19.6 Å². The van der Waals surface area contributed by atoms with Gasteiger partial charge in [-0.1, -0.05) is 5.21 Å². The molecule has 1 aliphatic rings. The molecule has 1 aliphatic heterocycles. The maximum Gasteiger partial charge on any atom is 0.317 e. The molecule has 9 heteroatoms. The lowest BCUT2D eigenvalue weighted by Gasteiger charge is -2.31. The molecule has 0 aliphatic carbocycles. The molecule has 2 aromatic heterocycles. The Balaban J connectivity index is 1.43. The second-order valence-corrected chi connectivity index (χ2v) is 6.56. The quantitative estimate of drug-likeness (QED) is 0.841. The van der Waals surface area contributed by atoms with Gasteiger partial charge in [0.1, 0.15) is 0 Å². The third-order valence-corrected chi connectivity index (χ3v) is 4.89. The van der Waals surface area contributed by atoms with Crippen molar-refractivity contribution in [2.45, 2.75) is 25.3 Å². The van der Waals surface area contributed by atoms with E-state index in [9.17, 15) is 9.59 Å². The summed E-state index contributed by atoms with van der Waals surface area (Å²) in [7, 11) is 0. The van der Waals surface area contributed by atoms with E-state index >= 15 is 0 Å². The average Bonchev–Trinajstić information content (AvgIpc) is 3.26. The van der Waals surface area contributed by atoms with Crippen LogP contribution in [0.3, 0.4) is 0 Å². The minimum Gasteiger partial charge on any atom is -0.364 e. The van der Waals surface area contributed by atoms with E-state index in [1.165, 1.54) is 5.56 Å². The van der Waals surface area contributed by atoms with Crippen molar-refractivity contribution in [1.82, 2.24) is 25.2 Å². The van der Waals surface area contributed by atoms with E-state index in [1.807, 2.05) is 10.3 Å². The zero-order chi connectivity index (χ0) is 16.9. The monoisotopic (exact) mass is 348 g/mol. The van der Waals surface area contributed by atoms with Crippen LogP contribution in [0.15, 0.2) is 23.0 Å². The molecule has 0 unspecified atom stereocenters. The number of hydrogen-bond acceptors (Lipinski definition) is 5. The summed E-state index contributed by atoms with van der Waals surface area (Å²) in [6.07, 6.45) is 3.98. The summed E-state index contributed by atoms with van der Waals surface area (Å²) in [5.74, 6) is -0.580. The highest BCUT2D eigenvalue weighted by molar-refractivity contribution is 7.07. The Morgan fingerprint density at radius 2 is 2.17 bits per heavy atom. The fraction of sp³-hybridized carbons (Fsp3) is 0.467. The SMILES string of the molecule is NC(=O)c1cn(C2CCN(C(=O)NCCc3ccsc3)CC2)nn1. The number of rotatable bonds is 5. The lowest BCUT2D eigenvalue weighted by atomic mass is 10.1. The number of likely N-dealkylation sites (tertiary alicyclic amines) is 1. The Morgan fingerprint density at radius 1 is 1.38 bits per heavy atom. The smallest absolute Gasteiger partial charge is 0.317 e. The zero-order valence-corrected chi connectivity index (χ0v) is 14.0. The van der Waals surface area contributed by atoms with Gasteiger partial charge >= 0.3 is 6.03 Å². The van der Waals surface area contributed by atoms with Crippen molar-refractivity contribution in [3.8, 4) is 0 Å². The van der Waals surface area contributed by atoms with Crippen LogP contribution < -0.4 is 11.1 Å². The van der Waals surface area contributed by atoms with Gasteiger partial charge < -0.3 is 16.0 Å². The molecule has 0 radical (unpaired) electrons. The van der Waals surface area contributed by atoms with E-state index in [0.29, 0.717) is 19.6 Å². The Hall–Kier alpha value is -2.42. The van der Waals surface area contributed by atoms with Crippen molar-refractivity contribution < 1.29 is 9.59 Å². The lowest BCUT2D eigenvalue weighted by molar-refractivity contribution is 0.0995. The molecule has 3 N–H and O–H groups in total. The molecule has 8 nitrogen and oxygen atoms in total. The predicted octanol–water partition coefficient (Wildman–Crippen LogP) is 1.03. The van der Waals surface area contributed by atoms with Gasteiger partial charge in [-0.15, -0.1) is 5.10 Å². The molecule has 0 bridgehead atoms. The topological polar surface area (TPSA) is 106 Å². The molecular formula is C15H20N6O2S. The summed E-state index contributed by atoms with van der Waals surface area (Å²) < 4.78 is 1.67. The Kier molecular flexibility index (Phi) is 5.09. The second-order valence-electron chi connectivity index (χ2n) is 5.78. The largest absolute Gasteiger partial charge is 0.364 e. The van der Waals surface area contributed by atoms with Crippen LogP contribution >= 0.6 is 11.3 Å². The molecule has 128 valence electrons. The molecular weight excluding hydrogens is 328 g/mol. The third-order valence-electron chi connectivity index (χ3n) is 4.16. The molecule has 0 atom stereocenters. The fourth-order valence-electron chi connectivity index (χ4n) is 2.76. The summed E-state index contributed by atoms with van der Waals surface area (Å²) in [4.78, 5) is 25.1. The van der Waals surface area contributed by atoms with E-state index in [1.54, 1.807) is 22.2 Å². The predicted molar refractivity (Wildman–Crippen MR) is 89.8 cm³/mol. The number of hydrogen-bond donors (Lipinski definition) is 2. The van der Waals surface area contributed by atoms with Gasteiger partial charge in [-0.05, 0) is 41.7 Å². The molecule has 2 aromatic rings. The number of primary amides is 1. The van der Waals surface area contributed by atoms with Crippen LogP contribution in [0.2, 0.25) is 0 Å². The van der Waals surface area contributed by atoms with E-state index in [2.05, 4.69) is 27.1 Å². The minimum atomic E-state index is -0.580. The number of thiophene rings is 1. The number of carbonyl (C=O) groups is 2. The molecule has 1 saturated heterocycles. The first kappa shape index (κ1) is 16.4. The van der Waals surface area contributed by atoms with Crippen molar-refractivity contribution in [1.29, 1.82) is 0 Å². The van der Waals surface area contributed by atoms with E-state index in [-0.39, 0.29) is 17.8 Å². The van der Waals surface area contributed by atoms with Gasteiger partial charge in [0.15, 0.2) is 5.69 Å². The number of aromatic nitrogens is 3. The van der Waals surface area contributed by atoms with Crippen LogP contribution in [-0.4, -0.2) is 51.5 Å². The highest BCUT2D eigenvalue weighted by Gasteiger charge is 2.24. The number of nitrogens with zero attached hydrogens (tertiary/aromatic N) is 4. The normalized spacial score (nSPS) is 15.4. The van der Waals surface area contributed by atoms with Crippen molar-refractivity contribution in [2.24, 2.45) is 5.73 Å². The maximum atomic E-state index is 12.2. The van der Waals surface area contributed by atoms with Gasteiger partial charge in [0.2, 0.25) is 0 Å².